The van der Waals surface area contributed by atoms with Crippen molar-refractivity contribution in [1.29, 1.82) is 0 Å². The van der Waals surface area contributed by atoms with Gasteiger partial charge in [-0.3, -0.25) is 4.55 Å². The van der Waals surface area contributed by atoms with E-state index in [9.17, 15) is 17.8 Å². The summed E-state index contributed by atoms with van der Waals surface area (Å²) in [7, 11) is -4.63. The molecule has 0 aliphatic carbocycles. The molecule has 0 spiro atoms. The Balaban J connectivity index is 0.00000363. The molecule has 0 fully saturated rings. The summed E-state index contributed by atoms with van der Waals surface area (Å²) in [6, 6.07) is 11.8. The fourth-order valence-electron chi connectivity index (χ4n) is 2.43. The Bertz CT molecular complexity index is 1270. The molecular weight excluding hydrogens is 533 g/mol. The molecule has 0 saturated carbocycles. The Kier molecular flexibility index (Phi) is 9.54. The zero-order valence-electron chi connectivity index (χ0n) is 15.2. The molecule has 3 rings (SSSR count). The van der Waals surface area contributed by atoms with Crippen LogP contribution in [0.4, 0.5) is 16.2 Å². The average Bonchev–Trinajstić information content (AvgIpc) is 2.67. The van der Waals surface area contributed by atoms with E-state index in [1.54, 1.807) is 6.07 Å². The first-order chi connectivity index (χ1) is 14.5. The van der Waals surface area contributed by atoms with Gasteiger partial charge in [0.15, 0.2) is 5.75 Å². The van der Waals surface area contributed by atoms with Gasteiger partial charge in [0.1, 0.15) is 10.6 Å². The van der Waals surface area contributed by atoms with Crippen LogP contribution in [0.2, 0.25) is 20.1 Å². The second-order valence-electron chi connectivity index (χ2n) is 6.02. The van der Waals surface area contributed by atoms with Crippen LogP contribution in [0, 0.1) is 0 Å². The fourth-order valence-corrected chi connectivity index (χ4v) is 3.78. The van der Waals surface area contributed by atoms with Crippen molar-refractivity contribution in [3.05, 3.63) is 74.7 Å². The number of hydrogen-bond acceptors (Lipinski definition) is 4. The van der Waals surface area contributed by atoms with Gasteiger partial charge in [0.25, 0.3) is 10.1 Å². The normalized spacial score (nSPS) is 10.8. The SMILES string of the molecule is O=C(Nc1ccc(Cl)c(Cl)c1)Nc1cc(Cl)ccc1Oc1ccc(Cl)cc1S(=O)(=O)O.[NaH]. The summed E-state index contributed by atoms with van der Waals surface area (Å²) in [6.45, 7) is 0. The first kappa shape index (κ1) is 27.0. The maximum atomic E-state index is 12.4. The summed E-state index contributed by atoms with van der Waals surface area (Å²) in [5.41, 5.74) is 0.504. The molecule has 13 heteroatoms. The topological polar surface area (TPSA) is 105 Å². The van der Waals surface area contributed by atoms with Crippen LogP contribution >= 0.6 is 46.4 Å². The molecule has 2 amide bonds. The van der Waals surface area contributed by atoms with Crippen molar-refractivity contribution in [2.24, 2.45) is 0 Å². The first-order valence-corrected chi connectivity index (χ1v) is 11.3. The summed E-state index contributed by atoms with van der Waals surface area (Å²) < 4.78 is 38.4. The average molecular weight is 546 g/mol. The Labute approximate surface area is 226 Å². The third-order valence-corrected chi connectivity index (χ3v) is 5.85. The van der Waals surface area contributed by atoms with Gasteiger partial charge >= 0.3 is 35.6 Å². The van der Waals surface area contributed by atoms with E-state index < -0.39 is 21.0 Å². The van der Waals surface area contributed by atoms with Gasteiger partial charge in [-0.15, -0.1) is 0 Å². The fraction of sp³-hybridized carbons (Fsp3) is 0. The van der Waals surface area contributed by atoms with Gasteiger partial charge in [0.2, 0.25) is 0 Å². The second-order valence-corrected chi connectivity index (χ2v) is 9.09. The molecule has 0 aromatic heterocycles. The number of carbonyl (C=O) groups excluding carboxylic acids is 1. The van der Waals surface area contributed by atoms with Crippen molar-refractivity contribution in [3.63, 3.8) is 0 Å². The van der Waals surface area contributed by atoms with E-state index in [4.69, 9.17) is 51.1 Å². The van der Waals surface area contributed by atoms with E-state index in [-0.39, 0.29) is 61.8 Å². The van der Waals surface area contributed by atoms with Crippen LogP contribution < -0.4 is 15.4 Å². The number of rotatable bonds is 5. The summed E-state index contributed by atoms with van der Waals surface area (Å²) in [6.07, 6.45) is 0. The van der Waals surface area contributed by atoms with Gasteiger partial charge in [0, 0.05) is 15.7 Å². The Morgan fingerprint density at radius 3 is 2.06 bits per heavy atom. The molecule has 7 nitrogen and oxygen atoms in total. The molecule has 32 heavy (non-hydrogen) atoms. The van der Waals surface area contributed by atoms with Gasteiger partial charge < -0.3 is 15.4 Å². The van der Waals surface area contributed by atoms with Crippen LogP contribution in [0.3, 0.4) is 0 Å². The van der Waals surface area contributed by atoms with Gasteiger partial charge in [-0.2, -0.15) is 8.42 Å². The molecule has 3 N–H and O–H groups in total. The maximum absolute atomic E-state index is 12.4. The van der Waals surface area contributed by atoms with E-state index in [0.29, 0.717) is 10.7 Å². The Hall–Kier alpha value is -1.20. The van der Waals surface area contributed by atoms with E-state index in [2.05, 4.69) is 10.6 Å². The number of ether oxygens (including phenoxy) is 1. The number of urea groups is 1. The van der Waals surface area contributed by atoms with Crippen molar-refractivity contribution < 1.29 is 22.5 Å². The predicted molar refractivity (Wildman–Crippen MR) is 129 cm³/mol. The van der Waals surface area contributed by atoms with Gasteiger partial charge in [-0.25, -0.2) is 4.79 Å². The summed E-state index contributed by atoms with van der Waals surface area (Å²) in [4.78, 5) is 11.9. The quantitative estimate of drug-likeness (QED) is 0.256. The molecule has 3 aromatic rings. The number of hydrogen-bond donors (Lipinski definition) is 3. The number of anilines is 2. The molecule has 0 saturated heterocycles. The van der Waals surface area contributed by atoms with Crippen LogP contribution in [-0.2, 0) is 10.1 Å². The van der Waals surface area contributed by atoms with Crippen LogP contribution in [0.25, 0.3) is 0 Å². The number of amides is 2. The standard InChI is InChI=1S/C19H12Cl4N2O5S.Na.H/c20-10-1-5-16(30-17-6-2-11(21)8-18(17)31(27,28)29)15(7-10)25-19(26)24-12-3-4-13(22)14(23)9-12;;/h1-9H,(H2,24,25,26)(H,27,28,29);;. The predicted octanol–water partition coefficient (Wildman–Crippen LogP) is 6.33. The van der Waals surface area contributed by atoms with E-state index in [1.807, 2.05) is 0 Å². The van der Waals surface area contributed by atoms with Crippen molar-refractivity contribution in [1.82, 2.24) is 0 Å². The van der Waals surface area contributed by atoms with E-state index in [1.165, 1.54) is 42.5 Å². The molecule has 0 unspecified atom stereocenters. The first-order valence-electron chi connectivity index (χ1n) is 8.30. The third-order valence-electron chi connectivity index (χ3n) is 3.77. The number of benzene rings is 3. The molecule has 0 heterocycles. The summed E-state index contributed by atoms with van der Waals surface area (Å²) in [5, 5.41) is 6.06. The van der Waals surface area contributed by atoms with Crippen LogP contribution in [0.1, 0.15) is 0 Å². The number of carbonyl (C=O) groups is 1. The molecular formula is C19H13Cl4N2NaO5S. The van der Waals surface area contributed by atoms with Crippen LogP contribution in [-0.4, -0.2) is 48.6 Å². The molecule has 0 aliphatic heterocycles. The number of nitrogens with one attached hydrogen (secondary N) is 2. The molecule has 164 valence electrons. The van der Waals surface area contributed by atoms with Gasteiger partial charge in [0.05, 0.1) is 15.7 Å². The molecule has 0 radical (unpaired) electrons. The van der Waals surface area contributed by atoms with Gasteiger partial charge in [-0.05, 0) is 54.6 Å². The molecule has 0 aliphatic rings. The minimum absolute atomic E-state index is 0. The molecule has 3 aromatic carbocycles. The molecule has 0 atom stereocenters. The van der Waals surface area contributed by atoms with Crippen LogP contribution in [0.15, 0.2) is 59.5 Å². The monoisotopic (exact) mass is 544 g/mol. The minimum atomic E-state index is -4.63. The van der Waals surface area contributed by atoms with Gasteiger partial charge in [-0.1, -0.05) is 46.4 Å². The number of halogens is 4. The Morgan fingerprint density at radius 1 is 0.812 bits per heavy atom. The van der Waals surface area contributed by atoms with E-state index in [0.717, 1.165) is 6.07 Å². The van der Waals surface area contributed by atoms with Crippen molar-refractivity contribution in [2.45, 2.75) is 4.90 Å². The summed E-state index contributed by atoms with van der Waals surface area (Å²) in [5.74, 6) is -0.150. The second kappa shape index (κ2) is 11.3. The Morgan fingerprint density at radius 2 is 1.44 bits per heavy atom. The van der Waals surface area contributed by atoms with Crippen LogP contribution in [0.5, 0.6) is 11.5 Å². The summed E-state index contributed by atoms with van der Waals surface area (Å²) >= 11 is 23.6. The van der Waals surface area contributed by atoms with Crippen molar-refractivity contribution in [2.75, 3.05) is 10.6 Å². The van der Waals surface area contributed by atoms with Crippen molar-refractivity contribution in [3.8, 4) is 11.5 Å². The zero-order valence-corrected chi connectivity index (χ0v) is 19.0. The molecule has 0 bridgehead atoms. The third kappa shape index (κ3) is 7.15. The zero-order chi connectivity index (χ0) is 22.8. The van der Waals surface area contributed by atoms with E-state index >= 15 is 0 Å². The van der Waals surface area contributed by atoms with Crippen molar-refractivity contribution >= 4 is 103 Å².